The van der Waals surface area contributed by atoms with Crippen LogP contribution in [0.2, 0.25) is 10.0 Å². The molecular formula is C23H26Cl2F3N3O4S. The predicted molar refractivity (Wildman–Crippen MR) is 133 cm³/mol. The van der Waals surface area contributed by atoms with E-state index in [0.717, 1.165) is 17.2 Å². The van der Waals surface area contributed by atoms with E-state index >= 15 is 0 Å². The fourth-order valence-corrected chi connectivity index (χ4v) is 4.82. The van der Waals surface area contributed by atoms with Gasteiger partial charge in [0, 0.05) is 18.1 Å². The summed E-state index contributed by atoms with van der Waals surface area (Å²) in [6, 6.07) is 7.79. The summed E-state index contributed by atoms with van der Waals surface area (Å²) in [4.78, 5) is 27.4. The summed E-state index contributed by atoms with van der Waals surface area (Å²) in [5.74, 6) is -1.30. The third-order valence-electron chi connectivity index (χ3n) is 5.26. The summed E-state index contributed by atoms with van der Waals surface area (Å²) in [6.07, 6.45) is -3.84. The Morgan fingerprint density at radius 3 is 2.22 bits per heavy atom. The van der Waals surface area contributed by atoms with E-state index in [1.807, 2.05) is 0 Å². The largest absolute Gasteiger partial charge is 0.416 e. The van der Waals surface area contributed by atoms with Crippen LogP contribution in [0.3, 0.4) is 0 Å². The highest BCUT2D eigenvalue weighted by atomic mass is 35.5. The van der Waals surface area contributed by atoms with Crippen molar-refractivity contribution in [2.75, 3.05) is 23.7 Å². The number of alkyl halides is 3. The minimum absolute atomic E-state index is 0.137. The number of hydrogen-bond acceptors (Lipinski definition) is 4. The normalized spacial score (nSPS) is 12.7. The van der Waals surface area contributed by atoms with Gasteiger partial charge in [0.1, 0.15) is 12.6 Å². The summed E-state index contributed by atoms with van der Waals surface area (Å²) >= 11 is 12.3. The van der Waals surface area contributed by atoms with Crippen LogP contribution in [0.4, 0.5) is 18.9 Å². The molecule has 0 saturated heterocycles. The van der Waals surface area contributed by atoms with Crippen LogP contribution < -0.4 is 9.62 Å². The average molecular weight is 568 g/mol. The second kappa shape index (κ2) is 12.2. The summed E-state index contributed by atoms with van der Waals surface area (Å²) in [5.41, 5.74) is -1.14. The third-order valence-corrected chi connectivity index (χ3v) is 7.07. The molecule has 0 radical (unpaired) electrons. The van der Waals surface area contributed by atoms with Crippen LogP contribution in [0.15, 0.2) is 42.5 Å². The Hall–Kier alpha value is -2.50. The summed E-state index contributed by atoms with van der Waals surface area (Å²) in [5, 5.41) is 2.66. The Kier molecular flexibility index (Phi) is 10.0. The molecule has 0 aliphatic rings. The number of likely N-dealkylation sites (N-methyl/N-ethyl adjacent to an activating group) is 1. The molecule has 2 amide bonds. The zero-order chi connectivity index (χ0) is 27.3. The van der Waals surface area contributed by atoms with E-state index in [9.17, 15) is 31.2 Å². The number of hydrogen-bond donors (Lipinski definition) is 1. The highest BCUT2D eigenvalue weighted by molar-refractivity contribution is 7.92. The first-order chi connectivity index (χ1) is 16.7. The number of sulfonamides is 1. The lowest BCUT2D eigenvalue weighted by atomic mass is 10.1. The molecule has 2 aromatic rings. The minimum atomic E-state index is -4.77. The van der Waals surface area contributed by atoms with E-state index in [0.29, 0.717) is 33.6 Å². The van der Waals surface area contributed by atoms with Gasteiger partial charge >= 0.3 is 6.18 Å². The molecule has 0 bridgehead atoms. The lowest BCUT2D eigenvalue weighted by Crippen LogP contribution is -2.52. The smallest absolute Gasteiger partial charge is 0.355 e. The van der Waals surface area contributed by atoms with Crippen LogP contribution >= 0.6 is 23.2 Å². The number of benzene rings is 2. The SMILES string of the molecule is CCNC(=O)C(CC)N(Cc1ccccc1Cl)C(=O)CN(c1cc(C(F)(F)F)ccc1Cl)S(C)(=O)=O. The number of nitrogens with zero attached hydrogens (tertiary/aromatic N) is 2. The summed E-state index contributed by atoms with van der Waals surface area (Å²) in [7, 11) is -4.27. The number of carbonyl (C=O) groups is 2. The van der Waals surface area contributed by atoms with E-state index in [1.54, 1.807) is 38.1 Å². The molecule has 13 heteroatoms. The fourth-order valence-electron chi connectivity index (χ4n) is 3.50. The Morgan fingerprint density at radius 1 is 1.06 bits per heavy atom. The van der Waals surface area contributed by atoms with Crippen molar-refractivity contribution in [2.24, 2.45) is 0 Å². The maximum Gasteiger partial charge on any atom is 0.416 e. The van der Waals surface area contributed by atoms with Gasteiger partial charge in [-0.1, -0.05) is 48.3 Å². The predicted octanol–water partition coefficient (Wildman–Crippen LogP) is 4.72. The molecule has 0 fully saturated rings. The van der Waals surface area contributed by atoms with Crippen LogP contribution in [0.25, 0.3) is 0 Å². The van der Waals surface area contributed by atoms with Gasteiger partial charge in [0.15, 0.2) is 0 Å². The second-order valence-corrected chi connectivity index (χ2v) is 10.6. The van der Waals surface area contributed by atoms with E-state index in [-0.39, 0.29) is 18.0 Å². The first-order valence-electron chi connectivity index (χ1n) is 10.9. The van der Waals surface area contributed by atoms with Crippen LogP contribution in [-0.2, 0) is 32.3 Å². The third kappa shape index (κ3) is 7.50. The molecule has 36 heavy (non-hydrogen) atoms. The Labute approximate surface area is 218 Å². The van der Waals surface area contributed by atoms with Crippen LogP contribution in [0.5, 0.6) is 0 Å². The molecule has 0 aromatic heterocycles. The molecule has 2 aromatic carbocycles. The zero-order valence-corrected chi connectivity index (χ0v) is 22.1. The van der Waals surface area contributed by atoms with Gasteiger partial charge in [-0.3, -0.25) is 13.9 Å². The Balaban J connectivity index is 2.55. The van der Waals surface area contributed by atoms with E-state index < -0.39 is 51.9 Å². The molecule has 7 nitrogen and oxygen atoms in total. The minimum Gasteiger partial charge on any atom is -0.355 e. The van der Waals surface area contributed by atoms with Gasteiger partial charge in [-0.25, -0.2) is 8.42 Å². The summed E-state index contributed by atoms with van der Waals surface area (Å²) < 4.78 is 65.6. The van der Waals surface area contributed by atoms with Gasteiger partial charge in [-0.05, 0) is 43.2 Å². The monoisotopic (exact) mass is 567 g/mol. The van der Waals surface area contributed by atoms with Crippen LogP contribution in [0.1, 0.15) is 31.4 Å². The van der Waals surface area contributed by atoms with Crippen molar-refractivity contribution in [2.45, 2.75) is 39.0 Å². The average Bonchev–Trinajstić information content (AvgIpc) is 2.77. The van der Waals surface area contributed by atoms with Gasteiger partial charge in [0.25, 0.3) is 0 Å². The Bertz CT molecular complexity index is 1210. The van der Waals surface area contributed by atoms with Gasteiger partial charge in [-0.15, -0.1) is 0 Å². The Morgan fingerprint density at radius 2 is 1.69 bits per heavy atom. The number of carbonyl (C=O) groups excluding carboxylic acids is 2. The number of anilines is 1. The van der Waals surface area contributed by atoms with Gasteiger partial charge in [-0.2, -0.15) is 13.2 Å². The topological polar surface area (TPSA) is 86.8 Å². The molecule has 2 rings (SSSR count). The number of nitrogens with one attached hydrogen (secondary N) is 1. The lowest BCUT2D eigenvalue weighted by Gasteiger charge is -2.33. The number of rotatable bonds is 10. The van der Waals surface area contributed by atoms with Crippen LogP contribution in [0, 0.1) is 0 Å². The van der Waals surface area contributed by atoms with Crippen molar-refractivity contribution < 1.29 is 31.2 Å². The molecule has 0 aliphatic heterocycles. The number of amides is 2. The van der Waals surface area contributed by atoms with E-state index in [4.69, 9.17) is 23.2 Å². The highest BCUT2D eigenvalue weighted by Gasteiger charge is 2.35. The quantitative estimate of drug-likeness (QED) is 0.450. The van der Waals surface area contributed by atoms with Gasteiger partial charge < -0.3 is 10.2 Å². The standard InChI is InChI=1S/C23H26Cl2F3N3O4S/c1-4-19(22(33)29-5-2)30(13-15-8-6-7-9-17(15)24)21(32)14-31(36(3,34)35)20-12-16(23(26,27)28)10-11-18(20)25/h6-12,19H,4-5,13-14H2,1-3H3,(H,29,33). The lowest BCUT2D eigenvalue weighted by molar-refractivity contribution is -0.140. The van der Waals surface area contributed by atoms with Crippen molar-refractivity contribution >= 4 is 50.7 Å². The maximum absolute atomic E-state index is 13.5. The van der Waals surface area contributed by atoms with Gasteiger partial charge in [0.2, 0.25) is 21.8 Å². The maximum atomic E-state index is 13.5. The van der Waals surface area contributed by atoms with Crippen LogP contribution in [-0.4, -0.2) is 50.5 Å². The molecule has 198 valence electrons. The molecular weight excluding hydrogens is 542 g/mol. The molecule has 0 spiro atoms. The molecule has 0 saturated carbocycles. The zero-order valence-electron chi connectivity index (χ0n) is 19.8. The first kappa shape index (κ1) is 29.7. The first-order valence-corrected chi connectivity index (χ1v) is 13.5. The van der Waals surface area contributed by atoms with E-state index in [2.05, 4.69) is 5.32 Å². The summed E-state index contributed by atoms with van der Waals surface area (Å²) in [6.45, 7) is 2.64. The molecule has 0 heterocycles. The fraction of sp³-hybridized carbons (Fsp3) is 0.391. The molecule has 1 atom stereocenters. The van der Waals surface area contributed by atoms with E-state index in [1.165, 1.54) is 0 Å². The molecule has 1 unspecified atom stereocenters. The molecule has 1 N–H and O–H groups in total. The highest BCUT2D eigenvalue weighted by Crippen LogP contribution is 2.36. The van der Waals surface area contributed by atoms with Crippen molar-refractivity contribution in [1.82, 2.24) is 10.2 Å². The number of halogens is 5. The van der Waals surface area contributed by atoms with Crippen molar-refractivity contribution in [1.29, 1.82) is 0 Å². The van der Waals surface area contributed by atoms with Crippen molar-refractivity contribution in [3.63, 3.8) is 0 Å². The van der Waals surface area contributed by atoms with Gasteiger partial charge in [0.05, 0.1) is 22.5 Å². The van der Waals surface area contributed by atoms with Crippen molar-refractivity contribution in [3.8, 4) is 0 Å². The second-order valence-electron chi connectivity index (χ2n) is 7.87. The molecule has 0 aliphatic carbocycles. The van der Waals surface area contributed by atoms with Crippen molar-refractivity contribution in [3.05, 3.63) is 63.6 Å².